The highest BCUT2D eigenvalue weighted by molar-refractivity contribution is 6.11. The van der Waals surface area contributed by atoms with Gasteiger partial charge in [0.25, 0.3) is 0 Å². The van der Waals surface area contributed by atoms with Gasteiger partial charge in [0, 0.05) is 12.0 Å². The van der Waals surface area contributed by atoms with Gasteiger partial charge in [-0.2, -0.15) is 10.3 Å². The number of amides is 2. The number of carbonyl (C=O) groups excluding carboxylic acids is 3. The van der Waals surface area contributed by atoms with Crippen molar-refractivity contribution in [2.45, 2.75) is 64.7 Å². The molecule has 0 saturated heterocycles. The van der Waals surface area contributed by atoms with E-state index < -0.39 is 34.7 Å². The second-order valence-electron chi connectivity index (χ2n) is 9.27. The van der Waals surface area contributed by atoms with Crippen LogP contribution in [-0.2, 0) is 15.9 Å². The zero-order valence-electron chi connectivity index (χ0n) is 19.6. The van der Waals surface area contributed by atoms with E-state index >= 15 is 0 Å². The smallest absolute Gasteiger partial charge is 0.431 e. The summed E-state index contributed by atoms with van der Waals surface area (Å²) >= 11 is 0. The standard InChI is InChI=1S/C22H29N3O7/c1-20(2,3)31-18(27)24-25(19(28)32-21(4,5)6)22(12-23)11-13-9-15(29-7)16(30-8)10-14(13)17(22)26/h9-10H,11H2,1-8H3,(H,24,27)/t22-/m0/s1. The number of hydrogen-bond acceptors (Lipinski definition) is 8. The van der Waals surface area contributed by atoms with Crippen LogP contribution in [0.1, 0.15) is 57.5 Å². The second-order valence-corrected chi connectivity index (χ2v) is 9.27. The maximum Gasteiger partial charge on any atom is 0.431 e. The summed E-state index contributed by atoms with van der Waals surface area (Å²) in [5.41, 5.74) is -1.07. The normalized spacial score (nSPS) is 17.7. The number of ketones is 1. The Labute approximate surface area is 187 Å². The van der Waals surface area contributed by atoms with Gasteiger partial charge in [-0.3, -0.25) is 4.79 Å². The van der Waals surface area contributed by atoms with Crippen molar-refractivity contribution in [3.05, 3.63) is 23.3 Å². The number of ether oxygens (including phenoxy) is 4. The van der Waals surface area contributed by atoms with Crippen LogP contribution in [0.5, 0.6) is 11.5 Å². The molecule has 0 saturated carbocycles. The number of nitrogens with zero attached hydrogens (tertiary/aromatic N) is 2. The van der Waals surface area contributed by atoms with Gasteiger partial charge in [-0.05, 0) is 59.2 Å². The first-order valence-corrected chi connectivity index (χ1v) is 9.91. The van der Waals surface area contributed by atoms with E-state index in [2.05, 4.69) is 5.43 Å². The molecule has 1 N–H and O–H groups in total. The van der Waals surface area contributed by atoms with E-state index in [4.69, 9.17) is 18.9 Å². The molecule has 174 valence electrons. The van der Waals surface area contributed by atoms with Crippen LogP contribution < -0.4 is 14.9 Å². The third-order valence-electron chi connectivity index (χ3n) is 4.42. The van der Waals surface area contributed by atoms with Crippen molar-refractivity contribution in [1.29, 1.82) is 5.26 Å². The highest BCUT2D eigenvalue weighted by Gasteiger charge is 2.55. The van der Waals surface area contributed by atoms with Gasteiger partial charge in [-0.15, -0.1) is 0 Å². The summed E-state index contributed by atoms with van der Waals surface area (Å²) in [5.74, 6) is -0.0492. The molecule has 10 nitrogen and oxygen atoms in total. The first kappa shape index (κ1) is 24.8. The Kier molecular flexibility index (Phi) is 6.64. The Morgan fingerprint density at radius 3 is 2.03 bits per heavy atom. The Hall–Kier alpha value is -3.48. The molecule has 0 radical (unpaired) electrons. The number of hydrogen-bond donors (Lipinski definition) is 1. The van der Waals surface area contributed by atoms with Gasteiger partial charge in [-0.1, -0.05) is 0 Å². The van der Waals surface area contributed by atoms with E-state index in [1.54, 1.807) is 47.6 Å². The number of rotatable bonds is 3. The Morgan fingerprint density at radius 2 is 1.56 bits per heavy atom. The zero-order valence-corrected chi connectivity index (χ0v) is 19.6. The molecular formula is C22H29N3O7. The largest absolute Gasteiger partial charge is 0.493 e. The number of carbonyl (C=O) groups is 3. The quantitative estimate of drug-likeness (QED) is 0.699. The summed E-state index contributed by atoms with van der Waals surface area (Å²) in [6.07, 6.45) is -2.30. The van der Waals surface area contributed by atoms with Gasteiger partial charge in [-0.25, -0.2) is 15.0 Å². The minimum absolute atomic E-state index is 0.170. The highest BCUT2D eigenvalue weighted by Crippen LogP contribution is 2.40. The van der Waals surface area contributed by atoms with Gasteiger partial charge < -0.3 is 18.9 Å². The summed E-state index contributed by atoms with van der Waals surface area (Å²) in [5, 5.41) is 10.7. The number of benzene rings is 1. The van der Waals surface area contributed by atoms with Crippen LogP contribution in [0.15, 0.2) is 12.1 Å². The van der Waals surface area contributed by atoms with Crippen molar-refractivity contribution >= 4 is 18.0 Å². The molecule has 0 aromatic heterocycles. The highest BCUT2D eigenvalue weighted by atomic mass is 16.6. The van der Waals surface area contributed by atoms with E-state index in [-0.39, 0.29) is 17.7 Å². The molecule has 1 aliphatic rings. The molecule has 0 aliphatic heterocycles. The topological polar surface area (TPSA) is 127 Å². The lowest BCUT2D eigenvalue weighted by Gasteiger charge is -2.35. The first-order valence-electron chi connectivity index (χ1n) is 9.91. The number of fused-ring (bicyclic) bond motifs is 1. The molecule has 2 amide bonds. The number of nitriles is 1. The molecule has 1 atom stereocenters. The summed E-state index contributed by atoms with van der Waals surface area (Å²) < 4.78 is 21.1. The average Bonchev–Trinajstić information content (AvgIpc) is 2.94. The van der Waals surface area contributed by atoms with Crippen molar-refractivity contribution in [3.8, 4) is 17.6 Å². The van der Waals surface area contributed by atoms with Gasteiger partial charge in [0.1, 0.15) is 17.3 Å². The maximum absolute atomic E-state index is 13.4. The lowest BCUT2D eigenvalue weighted by molar-refractivity contribution is -0.0161. The number of hydrazine groups is 1. The summed E-state index contributed by atoms with van der Waals surface area (Å²) in [4.78, 5) is 39.0. The van der Waals surface area contributed by atoms with Crippen molar-refractivity contribution in [2.24, 2.45) is 0 Å². The Bertz CT molecular complexity index is 969. The van der Waals surface area contributed by atoms with E-state index in [9.17, 15) is 19.6 Å². The van der Waals surface area contributed by atoms with Crippen LogP contribution in [0.2, 0.25) is 0 Å². The number of Topliss-reactive ketones (excluding diaryl/α,β-unsaturated/α-hetero) is 1. The molecule has 0 spiro atoms. The Balaban J connectivity index is 2.56. The molecule has 32 heavy (non-hydrogen) atoms. The van der Waals surface area contributed by atoms with Crippen molar-refractivity contribution in [2.75, 3.05) is 14.2 Å². The molecule has 0 bridgehead atoms. The molecule has 0 unspecified atom stereocenters. The van der Waals surface area contributed by atoms with Crippen LogP contribution in [-0.4, -0.2) is 53.9 Å². The third kappa shape index (κ3) is 5.04. The molecular weight excluding hydrogens is 418 g/mol. The average molecular weight is 447 g/mol. The Morgan fingerprint density at radius 1 is 1.03 bits per heavy atom. The fourth-order valence-corrected chi connectivity index (χ4v) is 3.17. The van der Waals surface area contributed by atoms with Crippen LogP contribution in [0.4, 0.5) is 9.59 Å². The third-order valence-corrected chi connectivity index (χ3v) is 4.42. The minimum Gasteiger partial charge on any atom is -0.493 e. The minimum atomic E-state index is -2.10. The lowest BCUT2D eigenvalue weighted by atomic mass is 9.95. The molecule has 0 heterocycles. The van der Waals surface area contributed by atoms with Crippen molar-refractivity contribution in [1.82, 2.24) is 10.4 Å². The van der Waals surface area contributed by atoms with Crippen LogP contribution in [0, 0.1) is 11.3 Å². The van der Waals surface area contributed by atoms with E-state index in [1.807, 2.05) is 6.07 Å². The molecule has 0 fully saturated rings. The van der Waals surface area contributed by atoms with Crippen molar-refractivity contribution < 1.29 is 33.3 Å². The monoisotopic (exact) mass is 447 g/mol. The van der Waals surface area contributed by atoms with Gasteiger partial charge in [0.2, 0.25) is 11.3 Å². The fourth-order valence-electron chi connectivity index (χ4n) is 3.17. The molecule has 2 rings (SSSR count). The van der Waals surface area contributed by atoms with Gasteiger partial charge in [0.15, 0.2) is 11.5 Å². The van der Waals surface area contributed by atoms with E-state index in [0.717, 1.165) is 0 Å². The van der Waals surface area contributed by atoms with E-state index in [1.165, 1.54) is 20.3 Å². The predicted octanol–water partition coefficient (Wildman–Crippen LogP) is 3.38. The molecule has 1 aromatic rings. The predicted molar refractivity (Wildman–Crippen MR) is 113 cm³/mol. The van der Waals surface area contributed by atoms with Crippen LogP contribution in [0.25, 0.3) is 0 Å². The van der Waals surface area contributed by atoms with Gasteiger partial charge in [0.05, 0.1) is 14.2 Å². The molecule has 10 heteroatoms. The zero-order chi connectivity index (χ0) is 24.5. The summed E-state index contributed by atoms with van der Waals surface area (Å²) in [6, 6.07) is 4.91. The number of nitrogens with one attached hydrogen (secondary N) is 1. The summed E-state index contributed by atoms with van der Waals surface area (Å²) in [6.45, 7) is 9.78. The lowest BCUT2D eigenvalue weighted by Crippen LogP contribution is -2.63. The van der Waals surface area contributed by atoms with Crippen LogP contribution >= 0.6 is 0 Å². The SMILES string of the molecule is COc1cc2c(cc1OC)C(=O)[C@](C#N)(N(NC(=O)OC(C)(C)C)C(=O)OC(C)(C)C)C2. The maximum atomic E-state index is 13.4. The van der Waals surface area contributed by atoms with Crippen LogP contribution in [0.3, 0.4) is 0 Å². The first-order chi connectivity index (χ1) is 14.7. The second kappa shape index (κ2) is 8.57. The molecule has 1 aliphatic carbocycles. The van der Waals surface area contributed by atoms with E-state index in [0.29, 0.717) is 16.3 Å². The fraction of sp³-hybridized carbons (Fsp3) is 0.545. The van der Waals surface area contributed by atoms with Gasteiger partial charge >= 0.3 is 12.2 Å². The molecule has 1 aromatic carbocycles. The summed E-state index contributed by atoms with van der Waals surface area (Å²) in [7, 11) is 2.86. The van der Waals surface area contributed by atoms with Crippen molar-refractivity contribution in [3.63, 3.8) is 0 Å². The number of methoxy groups -OCH3 is 2.